The molecule has 3 rings (SSSR count). The zero-order valence-electron chi connectivity index (χ0n) is 15.7. The normalized spacial score (nSPS) is 14.2. The van der Waals surface area contributed by atoms with Gasteiger partial charge in [-0.15, -0.1) is 10.2 Å². The van der Waals surface area contributed by atoms with Crippen LogP contribution in [0, 0.1) is 0 Å². The van der Waals surface area contributed by atoms with E-state index in [1.165, 1.54) is 11.8 Å². The third kappa shape index (κ3) is 5.48. The van der Waals surface area contributed by atoms with Gasteiger partial charge in [0.1, 0.15) is 0 Å². The zero-order chi connectivity index (χ0) is 19.9. The number of hydrogen-bond donors (Lipinski definition) is 1. The van der Waals surface area contributed by atoms with Crippen LogP contribution in [0.4, 0.5) is 0 Å². The quantitative estimate of drug-likeness (QED) is 0.518. The van der Waals surface area contributed by atoms with Crippen LogP contribution < -0.4 is 5.32 Å². The highest BCUT2D eigenvalue weighted by atomic mass is 35.5. The van der Waals surface area contributed by atoms with Crippen molar-refractivity contribution in [2.75, 3.05) is 12.4 Å². The Morgan fingerprint density at radius 1 is 1.25 bits per heavy atom. The fraction of sp³-hybridized carbons (Fsp3) is 0.474. The molecule has 0 radical (unpaired) electrons. The minimum Gasteiger partial charge on any atom is -0.455 e. The summed E-state index contributed by atoms with van der Waals surface area (Å²) in [4.78, 5) is 23.8. The van der Waals surface area contributed by atoms with Crippen molar-refractivity contribution in [3.05, 3.63) is 29.3 Å². The van der Waals surface area contributed by atoms with Crippen molar-refractivity contribution in [1.29, 1.82) is 0 Å². The summed E-state index contributed by atoms with van der Waals surface area (Å²) >= 11 is 7.18. The molecule has 1 amide bonds. The Morgan fingerprint density at radius 2 is 1.96 bits per heavy atom. The number of aromatic nitrogens is 3. The van der Waals surface area contributed by atoms with Crippen molar-refractivity contribution in [3.63, 3.8) is 0 Å². The van der Waals surface area contributed by atoms with Crippen LogP contribution in [0.5, 0.6) is 0 Å². The van der Waals surface area contributed by atoms with Crippen molar-refractivity contribution < 1.29 is 14.3 Å². The highest BCUT2D eigenvalue weighted by Gasteiger charge is 2.19. The SMILES string of the molecule is CCn1c(SCC(=O)OCC(=O)NC2CCCC2)nnc1-c1ccc(Cl)cc1. The van der Waals surface area contributed by atoms with E-state index < -0.39 is 5.97 Å². The molecule has 1 aliphatic rings. The van der Waals surface area contributed by atoms with Crippen LogP contribution >= 0.6 is 23.4 Å². The molecular weight excluding hydrogens is 400 g/mol. The van der Waals surface area contributed by atoms with E-state index in [2.05, 4.69) is 15.5 Å². The molecule has 1 heterocycles. The van der Waals surface area contributed by atoms with E-state index in [1.54, 1.807) is 12.1 Å². The molecule has 1 aliphatic carbocycles. The number of amides is 1. The largest absolute Gasteiger partial charge is 0.455 e. The number of thioether (sulfide) groups is 1. The van der Waals surface area contributed by atoms with E-state index in [0.29, 0.717) is 22.5 Å². The van der Waals surface area contributed by atoms with Crippen molar-refractivity contribution in [2.24, 2.45) is 0 Å². The standard InChI is InChI=1S/C19H23ClN4O3S/c1-2-24-18(13-7-9-14(20)10-8-13)22-23-19(24)28-12-17(26)27-11-16(25)21-15-5-3-4-6-15/h7-10,15H,2-6,11-12H2,1H3,(H,21,25). The van der Waals surface area contributed by atoms with Gasteiger partial charge in [0, 0.05) is 23.2 Å². The Kier molecular flexibility index (Phi) is 7.33. The Bertz CT molecular complexity index is 819. The van der Waals surface area contributed by atoms with Crippen molar-refractivity contribution in [3.8, 4) is 11.4 Å². The second-order valence-corrected chi connectivity index (χ2v) is 7.93. The minimum absolute atomic E-state index is 0.0649. The van der Waals surface area contributed by atoms with E-state index in [-0.39, 0.29) is 24.3 Å². The number of hydrogen-bond acceptors (Lipinski definition) is 6. The monoisotopic (exact) mass is 422 g/mol. The van der Waals surface area contributed by atoms with Gasteiger partial charge in [0.15, 0.2) is 17.6 Å². The number of ether oxygens (including phenoxy) is 1. The first kappa shape index (κ1) is 20.7. The second-order valence-electron chi connectivity index (χ2n) is 6.56. The van der Waals surface area contributed by atoms with E-state index in [9.17, 15) is 9.59 Å². The number of nitrogens with zero attached hydrogens (tertiary/aromatic N) is 3. The molecule has 0 saturated heterocycles. The van der Waals surface area contributed by atoms with Crippen molar-refractivity contribution in [1.82, 2.24) is 20.1 Å². The molecule has 1 aromatic carbocycles. The van der Waals surface area contributed by atoms with Gasteiger partial charge in [-0.3, -0.25) is 9.59 Å². The minimum atomic E-state index is -0.453. The molecule has 0 aliphatic heterocycles. The first-order valence-corrected chi connectivity index (χ1v) is 10.7. The van der Waals surface area contributed by atoms with Gasteiger partial charge in [-0.2, -0.15) is 0 Å². The highest BCUT2D eigenvalue weighted by molar-refractivity contribution is 7.99. The van der Waals surface area contributed by atoms with Crippen LogP contribution in [0.1, 0.15) is 32.6 Å². The fourth-order valence-corrected chi connectivity index (χ4v) is 4.07. The Balaban J connectivity index is 1.50. The van der Waals surface area contributed by atoms with Crippen LogP contribution in [-0.4, -0.2) is 45.0 Å². The van der Waals surface area contributed by atoms with Crippen LogP contribution in [0.25, 0.3) is 11.4 Å². The average Bonchev–Trinajstić information content (AvgIpc) is 3.34. The third-order valence-electron chi connectivity index (χ3n) is 4.54. The number of rotatable bonds is 8. The summed E-state index contributed by atoms with van der Waals surface area (Å²) < 4.78 is 6.99. The molecule has 0 spiro atoms. The summed E-state index contributed by atoms with van der Waals surface area (Å²) in [5.74, 6) is 0.0818. The Labute approximate surface area is 173 Å². The molecule has 2 aromatic rings. The number of nitrogens with one attached hydrogen (secondary N) is 1. The van der Waals surface area contributed by atoms with Gasteiger partial charge in [-0.1, -0.05) is 36.2 Å². The van der Waals surface area contributed by atoms with Gasteiger partial charge in [-0.25, -0.2) is 0 Å². The summed E-state index contributed by atoms with van der Waals surface area (Å²) in [6.07, 6.45) is 4.27. The second kappa shape index (κ2) is 9.93. The molecule has 7 nitrogen and oxygen atoms in total. The maximum atomic E-state index is 12.0. The van der Waals surface area contributed by atoms with Crippen LogP contribution in [0.2, 0.25) is 5.02 Å². The molecular formula is C19H23ClN4O3S. The Morgan fingerprint density at radius 3 is 2.64 bits per heavy atom. The maximum Gasteiger partial charge on any atom is 0.316 e. The van der Waals surface area contributed by atoms with Gasteiger partial charge < -0.3 is 14.6 Å². The van der Waals surface area contributed by atoms with Gasteiger partial charge in [0.2, 0.25) is 0 Å². The molecule has 150 valence electrons. The van der Waals surface area contributed by atoms with Gasteiger partial charge in [0.05, 0.1) is 5.75 Å². The number of halogens is 1. The number of carbonyl (C=O) groups is 2. The highest BCUT2D eigenvalue weighted by Crippen LogP contribution is 2.25. The lowest BCUT2D eigenvalue weighted by Crippen LogP contribution is -2.36. The van der Waals surface area contributed by atoms with E-state index in [1.807, 2.05) is 23.6 Å². The lowest BCUT2D eigenvalue weighted by molar-refractivity contribution is -0.146. The predicted octanol–water partition coefficient (Wildman–Crippen LogP) is 3.31. The molecule has 0 unspecified atom stereocenters. The summed E-state index contributed by atoms with van der Waals surface area (Å²) in [6.45, 7) is 2.40. The van der Waals surface area contributed by atoms with E-state index in [4.69, 9.17) is 16.3 Å². The molecule has 1 saturated carbocycles. The van der Waals surface area contributed by atoms with E-state index >= 15 is 0 Å². The molecule has 1 aromatic heterocycles. The lowest BCUT2D eigenvalue weighted by Gasteiger charge is -2.12. The third-order valence-corrected chi connectivity index (χ3v) is 5.73. The number of benzene rings is 1. The summed E-state index contributed by atoms with van der Waals surface area (Å²) in [6, 6.07) is 7.57. The average molecular weight is 423 g/mol. The van der Waals surface area contributed by atoms with Gasteiger partial charge in [-0.05, 0) is 44.0 Å². The van der Waals surface area contributed by atoms with Gasteiger partial charge in [0.25, 0.3) is 5.91 Å². The molecule has 1 N–H and O–H groups in total. The summed E-state index contributed by atoms with van der Waals surface area (Å²) in [5, 5.41) is 12.6. The zero-order valence-corrected chi connectivity index (χ0v) is 17.3. The molecule has 0 atom stereocenters. The molecule has 1 fully saturated rings. The van der Waals surface area contributed by atoms with Crippen molar-refractivity contribution >= 4 is 35.2 Å². The smallest absolute Gasteiger partial charge is 0.316 e. The van der Waals surface area contributed by atoms with Gasteiger partial charge >= 0.3 is 5.97 Å². The number of carbonyl (C=O) groups excluding carboxylic acids is 2. The van der Waals surface area contributed by atoms with Crippen LogP contribution in [0.15, 0.2) is 29.4 Å². The first-order chi connectivity index (χ1) is 13.6. The van der Waals surface area contributed by atoms with Crippen LogP contribution in [-0.2, 0) is 20.9 Å². The lowest BCUT2D eigenvalue weighted by atomic mass is 10.2. The Hall–Kier alpha value is -2.06. The van der Waals surface area contributed by atoms with Crippen LogP contribution in [0.3, 0.4) is 0 Å². The first-order valence-electron chi connectivity index (χ1n) is 9.33. The van der Waals surface area contributed by atoms with E-state index in [0.717, 1.165) is 31.2 Å². The maximum absolute atomic E-state index is 12.0. The topological polar surface area (TPSA) is 86.1 Å². The molecule has 9 heteroatoms. The summed E-state index contributed by atoms with van der Waals surface area (Å²) in [5.41, 5.74) is 0.900. The molecule has 28 heavy (non-hydrogen) atoms. The molecule has 0 bridgehead atoms. The summed E-state index contributed by atoms with van der Waals surface area (Å²) in [7, 11) is 0. The fourth-order valence-electron chi connectivity index (χ4n) is 3.14. The predicted molar refractivity (Wildman–Crippen MR) is 108 cm³/mol. The number of esters is 1. The van der Waals surface area contributed by atoms with Crippen molar-refractivity contribution in [2.45, 2.75) is 50.4 Å².